The third-order valence-electron chi connectivity index (χ3n) is 3.51. The van der Waals surface area contributed by atoms with Gasteiger partial charge in [-0.3, -0.25) is 0 Å². The highest BCUT2D eigenvalue weighted by Crippen LogP contribution is 2.61. The van der Waals surface area contributed by atoms with Crippen molar-refractivity contribution in [2.45, 2.75) is 36.1 Å². The van der Waals surface area contributed by atoms with Crippen LogP contribution in [0.15, 0.2) is 0 Å². The van der Waals surface area contributed by atoms with Crippen molar-refractivity contribution < 1.29 is 0 Å². The molecule has 0 spiro atoms. The number of rotatable bonds is 0. The molecular formula is C8H10B4. The Hall–Kier alpha value is 0.260. The monoisotopic (exact) mass is 150 g/mol. The fourth-order valence-electron chi connectivity index (χ4n) is 3.03. The van der Waals surface area contributed by atoms with Crippen LogP contribution in [0.2, 0.25) is 23.3 Å². The number of hydrogen-bond donors (Lipinski definition) is 0. The second-order valence-corrected chi connectivity index (χ2v) is 4.28. The van der Waals surface area contributed by atoms with Gasteiger partial charge in [0.15, 0.2) is 0 Å². The molecule has 0 bridgehead atoms. The van der Waals surface area contributed by atoms with Gasteiger partial charge >= 0.3 is 0 Å². The standard InChI is InChI=1S/C8H10B4/c9-3-1-4(10)8-6(12)2-5(11)7(3)8/h3-8H,1-2H2. The molecule has 2 aliphatic rings. The van der Waals surface area contributed by atoms with E-state index >= 15 is 0 Å². The van der Waals surface area contributed by atoms with Crippen LogP contribution in [0, 0.1) is 11.8 Å². The van der Waals surface area contributed by atoms with Gasteiger partial charge in [0.25, 0.3) is 0 Å². The first-order valence-electron chi connectivity index (χ1n) is 4.63. The van der Waals surface area contributed by atoms with E-state index in [-0.39, 0.29) is 23.3 Å². The quantitative estimate of drug-likeness (QED) is 0.448. The van der Waals surface area contributed by atoms with Crippen molar-refractivity contribution in [1.29, 1.82) is 0 Å². The molecule has 0 N–H and O–H groups in total. The summed E-state index contributed by atoms with van der Waals surface area (Å²) in [6.45, 7) is 0. The van der Waals surface area contributed by atoms with Gasteiger partial charge in [0, 0.05) is 0 Å². The summed E-state index contributed by atoms with van der Waals surface area (Å²) in [5, 5.41) is 0. The molecule has 0 aromatic carbocycles. The summed E-state index contributed by atoms with van der Waals surface area (Å²) in [7, 11) is 23.8. The molecule has 2 fully saturated rings. The van der Waals surface area contributed by atoms with Gasteiger partial charge in [-0.25, -0.2) is 0 Å². The average Bonchev–Trinajstić information content (AvgIpc) is 2.38. The maximum absolute atomic E-state index is 5.95. The van der Waals surface area contributed by atoms with Gasteiger partial charge in [0.2, 0.25) is 0 Å². The van der Waals surface area contributed by atoms with Gasteiger partial charge in [0.05, 0.1) is 31.4 Å². The maximum Gasteiger partial charge on any atom is 0.0702 e. The first kappa shape index (κ1) is 8.84. The van der Waals surface area contributed by atoms with Crippen LogP contribution < -0.4 is 0 Å². The van der Waals surface area contributed by atoms with Crippen LogP contribution >= 0.6 is 0 Å². The lowest BCUT2D eigenvalue weighted by Gasteiger charge is -2.22. The van der Waals surface area contributed by atoms with Crippen molar-refractivity contribution in [3.8, 4) is 0 Å². The van der Waals surface area contributed by atoms with E-state index in [0.29, 0.717) is 11.8 Å². The van der Waals surface area contributed by atoms with Crippen LogP contribution in [-0.4, -0.2) is 31.4 Å². The van der Waals surface area contributed by atoms with Crippen LogP contribution in [-0.2, 0) is 0 Å². The smallest absolute Gasteiger partial charge is 0.0702 e. The lowest BCUT2D eigenvalue weighted by atomic mass is 9.66. The van der Waals surface area contributed by atoms with E-state index in [9.17, 15) is 0 Å². The molecule has 0 aromatic rings. The van der Waals surface area contributed by atoms with Crippen LogP contribution in [0.25, 0.3) is 0 Å². The molecule has 0 aromatic heterocycles. The fourth-order valence-corrected chi connectivity index (χ4v) is 3.03. The van der Waals surface area contributed by atoms with Gasteiger partial charge in [-0.15, -0.1) is 0 Å². The molecule has 0 amide bonds. The first-order valence-corrected chi connectivity index (χ1v) is 4.63. The molecule has 4 unspecified atom stereocenters. The Morgan fingerprint density at radius 1 is 0.583 bits per heavy atom. The molecule has 2 saturated carbocycles. The summed E-state index contributed by atoms with van der Waals surface area (Å²) in [6.07, 6.45) is 1.77. The van der Waals surface area contributed by atoms with E-state index in [0.717, 1.165) is 12.8 Å². The average molecular weight is 149 g/mol. The largest absolute Gasteiger partial charge is 0.0752 e. The molecule has 12 heavy (non-hydrogen) atoms. The molecule has 4 heteroatoms. The van der Waals surface area contributed by atoms with Crippen LogP contribution in [0.1, 0.15) is 12.8 Å². The highest BCUT2D eigenvalue weighted by Gasteiger charge is 2.47. The first-order chi connectivity index (χ1) is 5.61. The van der Waals surface area contributed by atoms with E-state index in [1.807, 2.05) is 0 Å². The Labute approximate surface area is 79.9 Å². The zero-order valence-electron chi connectivity index (χ0n) is 7.19. The molecular weight excluding hydrogens is 139 g/mol. The summed E-state index contributed by atoms with van der Waals surface area (Å²) in [4.78, 5) is 0. The molecule has 0 saturated heterocycles. The molecule has 0 heterocycles. The minimum atomic E-state index is 0.175. The predicted molar refractivity (Wildman–Crippen MR) is 54.2 cm³/mol. The van der Waals surface area contributed by atoms with Gasteiger partial charge in [-0.2, -0.15) is 0 Å². The molecule has 8 radical (unpaired) electrons. The third-order valence-corrected chi connectivity index (χ3v) is 3.51. The molecule has 54 valence electrons. The Kier molecular flexibility index (Phi) is 2.13. The molecule has 2 aliphatic carbocycles. The summed E-state index contributed by atoms with van der Waals surface area (Å²) in [5.41, 5.74) is 0. The maximum atomic E-state index is 5.95. The molecule has 0 nitrogen and oxygen atoms in total. The second kappa shape index (κ2) is 2.89. The van der Waals surface area contributed by atoms with Crippen molar-refractivity contribution >= 4 is 31.4 Å². The minimum Gasteiger partial charge on any atom is -0.0752 e. The summed E-state index contributed by atoms with van der Waals surface area (Å²) >= 11 is 0. The minimum absolute atomic E-state index is 0.175. The fraction of sp³-hybridized carbons (Fsp3) is 1.00. The highest BCUT2D eigenvalue weighted by atomic mass is 14.5. The lowest BCUT2D eigenvalue weighted by molar-refractivity contribution is 0.457. The summed E-state index contributed by atoms with van der Waals surface area (Å²) in [5.74, 6) is 1.44. The van der Waals surface area contributed by atoms with Crippen molar-refractivity contribution in [3.63, 3.8) is 0 Å². The predicted octanol–water partition coefficient (Wildman–Crippen LogP) is 0.854. The number of fused-ring (bicyclic) bond motifs is 1. The zero-order chi connectivity index (χ0) is 8.88. The van der Waals surface area contributed by atoms with E-state index in [4.69, 9.17) is 31.4 Å². The Morgan fingerprint density at radius 3 is 1.08 bits per heavy atom. The van der Waals surface area contributed by atoms with E-state index in [1.165, 1.54) is 0 Å². The van der Waals surface area contributed by atoms with Gasteiger partial charge in [-0.1, -0.05) is 36.1 Å². The van der Waals surface area contributed by atoms with E-state index < -0.39 is 0 Å². The molecule has 2 rings (SSSR count). The SMILES string of the molecule is [B]C1CC([B])C2C([B])CC([B])C12. The van der Waals surface area contributed by atoms with Gasteiger partial charge < -0.3 is 0 Å². The molecule has 0 aliphatic heterocycles. The second-order valence-electron chi connectivity index (χ2n) is 4.28. The van der Waals surface area contributed by atoms with Crippen molar-refractivity contribution in [1.82, 2.24) is 0 Å². The summed E-state index contributed by atoms with van der Waals surface area (Å²) in [6, 6.07) is 0. The lowest BCUT2D eigenvalue weighted by Crippen LogP contribution is -2.13. The Bertz CT molecular complexity index is 148. The normalized spacial score (nSPS) is 58.7. The number of hydrogen-bond acceptors (Lipinski definition) is 0. The van der Waals surface area contributed by atoms with Crippen molar-refractivity contribution in [3.05, 3.63) is 0 Å². The van der Waals surface area contributed by atoms with E-state index in [1.54, 1.807) is 0 Å². The van der Waals surface area contributed by atoms with E-state index in [2.05, 4.69) is 0 Å². The van der Waals surface area contributed by atoms with Crippen LogP contribution in [0.3, 0.4) is 0 Å². The zero-order valence-corrected chi connectivity index (χ0v) is 7.19. The molecule has 4 atom stereocenters. The van der Waals surface area contributed by atoms with Crippen molar-refractivity contribution in [2.24, 2.45) is 11.8 Å². The van der Waals surface area contributed by atoms with Gasteiger partial charge in [0.1, 0.15) is 0 Å². The van der Waals surface area contributed by atoms with Crippen LogP contribution in [0.5, 0.6) is 0 Å². The van der Waals surface area contributed by atoms with Crippen molar-refractivity contribution in [2.75, 3.05) is 0 Å². The van der Waals surface area contributed by atoms with Gasteiger partial charge in [-0.05, 0) is 11.8 Å². The van der Waals surface area contributed by atoms with Crippen LogP contribution in [0.4, 0.5) is 0 Å². The third kappa shape index (κ3) is 1.10. The summed E-state index contributed by atoms with van der Waals surface area (Å²) < 4.78 is 0. The Morgan fingerprint density at radius 2 is 0.833 bits per heavy atom. The topological polar surface area (TPSA) is 0 Å². The highest BCUT2D eigenvalue weighted by molar-refractivity contribution is 6.21. The Balaban J connectivity index is 2.20.